The molecule has 1 spiro atoms. The standard InChI is InChI=1S/C30H41N3OS/c1-20-9-6-7-12-24(20)23-14-16-33(27(17-23)22-10-4-3-5-11-22)29(34)25-18-31-19-30(25)15-8-13-26-28(30)35-21(2)32-26/h6-7,9,12,22-23,25,27,31H,3-5,8,10-11,13-19H2,1-2H3/t23-,25+,27+,30-/m1/s1. The van der Waals surface area contributed by atoms with E-state index in [1.165, 1.54) is 53.8 Å². The molecule has 2 saturated heterocycles. The molecule has 1 aromatic heterocycles. The summed E-state index contributed by atoms with van der Waals surface area (Å²) >= 11 is 1.86. The van der Waals surface area contributed by atoms with E-state index in [0.29, 0.717) is 23.8 Å². The SMILES string of the molecule is Cc1nc2c(s1)[C@]1(CCC2)CNC[C@H]1C(=O)N1CC[C@@H](c2ccccc2C)C[C@H]1C1CCCCC1. The number of carbonyl (C=O) groups excluding carboxylic acids is 1. The number of carbonyl (C=O) groups is 1. The lowest BCUT2D eigenvalue weighted by Gasteiger charge is -2.47. The molecule has 2 aliphatic heterocycles. The van der Waals surface area contributed by atoms with Crippen LogP contribution < -0.4 is 5.32 Å². The van der Waals surface area contributed by atoms with Crippen molar-refractivity contribution in [3.63, 3.8) is 0 Å². The van der Waals surface area contributed by atoms with E-state index < -0.39 is 0 Å². The summed E-state index contributed by atoms with van der Waals surface area (Å²) in [5, 5.41) is 4.83. The number of benzene rings is 1. The molecule has 6 rings (SSSR count). The zero-order valence-electron chi connectivity index (χ0n) is 21.5. The highest BCUT2D eigenvalue weighted by molar-refractivity contribution is 7.11. The minimum Gasteiger partial charge on any atom is -0.339 e. The van der Waals surface area contributed by atoms with Crippen LogP contribution in [-0.4, -0.2) is 41.5 Å². The van der Waals surface area contributed by atoms with Gasteiger partial charge in [0.2, 0.25) is 5.91 Å². The number of aryl methyl sites for hydroxylation is 3. The lowest BCUT2D eigenvalue weighted by molar-refractivity contribution is -0.143. The largest absolute Gasteiger partial charge is 0.339 e. The molecule has 188 valence electrons. The third kappa shape index (κ3) is 4.17. The summed E-state index contributed by atoms with van der Waals surface area (Å²) < 4.78 is 0. The van der Waals surface area contributed by atoms with Crippen LogP contribution in [0.5, 0.6) is 0 Å². The molecule has 5 heteroatoms. The number of nitrogens with one attached hydrogen (secondary N) is 1. The lowest BCUT2D eigenvalue weighted by atomic mass is 9.68. The van der Waals surface area contributed by atoms with Crippen molar-refractivity contribution < 1.29 is 4.79 Å². The Bertz CT molecular complexity index is 1070. The number of fused-ring (bicyclic) bond motifs is 2. The molecule has 35 heavy (non-hydrogen) atoms. The molecule has 4 atom stereocenters. The Morgan fingerprint density at radius 1 is 1.11 bits per heavy atom. The van der Waals surface area contributed by atoms with Crippen molar-refractivity contribution in [1.82, 2.24) is 15.2 Å². The molecule has 3 fully saturated rings. The molecule has 4 nitrogen and oxygen atoms in total. The first-order chi connectivity index (χ1) is 17.1. The highest BCUT2D eigenvalue weighted by Gasteiger charge is 2.53. The fourth-order valence-electron chi connectivity index (χ4n) is 8.06. The van der Waals surface area contributed by atoms with Gasteiger partial charge in [-0.05, 0) is 81.8 Å². The van der Waals surface area contributed by atoms with Gasteiger partial charge in [-0.2, -0.15) is 0 Å². The summed E-state index contributed by atoms with van der Waals surface area (Å²) in [6, 6.07) is 9.34. The molecule has 1 saturated carbocycles. The number of rotatable bonds is 3. The van der Waals surface area contributed by atoms with E-state index in [1.807, 2.05) is 11.3 Å². The van der Waals surface area contributed by atoms with Crippen LogP contribution in [0.4, 0.5) is 0 Å². The van der Waals surface area contributed by atoms with Gasteiger partial charge >= 0.3 is 0 Å². The van der Waals surface area contributed by atoms with E-state index >= 15 is 0 Å². The minimum absolute atomic E-state index is 0.0411. The second-order valence-electron chi connectivity index (χ2n) is 11.8. The van der Waals surface area contributed by atoms with Crippen molar-refractivity contribution in [2.45, 2.75) is 95.4 Å². The number of piperidine rings is 1. The fraction of sp³-hybridized carbons (Fsp3) is 0.667. The van der Waals surface area contributed by atoms with Crippen LogP contribution in [-0.2, 0) is 16.6 Å². The average molecular weight is 492 g/mol. The van der Waals surface area contributed by atoms with Crippen molar-refractivity contribution in [2.24, 2.45) is 11.8 Å². The van der Waals surface area contributed by atoms with Gasteiger partial charge < -0.3 is 10.2 Å². The van der Waals surface area contributed by atoms with Gasteiger partial charge in [0.25, 0.3) is 0 Å². The Balaban J connectivity index is 1.30. The normalized spacial score (nSPS) is 31.6. The second kappa shape index (κ2) is 9.63. The molecule has 4 aliphatic rings. The van der Waals surface area contributed by atoms with Crippen LogP contribution in [0.1, 0.15) is 90.4 Å². The van der Waals surface area contributed by atoms with Crippen LogP contribution in [0.3, 0.4) is 0 Å². The zero-order valence-corrected chi connectivity index (χ0v) is 22.3. The van der Waals surface area contributed by atoms with Gasteiger partial charge in [-0.3, -0.25) is 4.79 Å². The van der Waals surface area contributed by atoms with Crippen molar-refractivity contribution in [3.05, 3.63) is 51.0 Å². The number of nitrogens with zero attached hydrogens (tertiary/aromatic N) is 2. The molecule has 0 unspecified atom stereocenters. The van der Waals surface area contributed by atoms with Gasteiger partial charge in [-0.15, -0.1) is 11.3 Å². The quantitative estimate of drug-likeness (QED) is 0.581. The predicted octanol–water partition coefficient (Wildman–Crippen LogP) is 5.91. The average Bonchev–Trinajstić information content (AvgIpc) is 3.48. The maximum atomic E-state index is 14.5. The Labute approximate surface area is 214 Å². The summed E-state index contributed by atoms with van der Waals surface area (Å²) in [5.74, 6) is 1.74. The zero-order chi connectivity index (χ0) is 24.0. The molecular weight excluding hydrogens is 450 g/mol. The van der Waals surface area contributed by atoms with Crippen LogP contribution in [0.25, 0.3) is 0 Å². The van der Waals surface area contributed by atoms with Gasteiger partial charge in [0.1, 0.15) is 0 Å². The van der Waals surface area contributed by atoms with E-state index in [0.717, 1.165) is 56.7 Å². The summed E-state index contributed by atoms with van der Waals surface area (Å²) in [6.45, 7) is 7.07. The lowest BCUT2D eigenvalue weighted by Crippen LogP contribution is -2.55. The Morgan fingerprint density at radius 2 is 1.94 bits per heavy atom. The van der Waals surface area contributed by atoms with Gasteiger partial charge in [-0.25, -0.2) is 4.98 Å². The second-order valence-corrected chi connectivity index (χ2v) is 13.0. The summed E-state index contributed by atoms with van der Waals surface area (Å²) in [5.41, 5.74) is 4.16. The molecule has 1 amide bonds. The first-order valence-electron chi connectivity index (χ1n) is 14.1. The van der Waals surface area contributed by atoms with Crippen molar-refractivity contribution in [2.75, 3.05) is 19.6 Å². The molecule has 0 bridgehead atoms. The maximum absolute atomic E-state index is 14.5. The molecule has 1 aromatic carbocycles. The Morgan fingerprint density at radius 3 is 2.77 bits per heavy atom. The van der Waals surface area contributed by atoms with Gasteiger partial charge in [0, 0.05) is 36.0 Å². The van der Waals surface area contributed by atoms with Crippen molar-refractivity contribution in [1.29, 1.82) is 0 Å². The Kier molecular flexibility index (Phi) is 6.51. The fourth-order valence-corrected chi connectivity index (χ4v) is 9.30. The van der Waals surface area contributed by atoms with Crippen molar-refractivity contribution >= 4 is 17.2 Å². The van der Waals surface area contributed by atoms with E-state index in [-0.39, 0.29) is 11.3 Å². The number of hydrogen-bond acceptors (Lipinski definition) is 4. The third-order valence-electron chi connectivity index (χ3n) is 9.80. The van der Waals surface area contributed by atoms with Crippen LogP contribution in [0.2, 0.25) is 0 Å². The number of amides is 1. The molecule has 3 heterocycles. The third-order valence-corrected chi connectivity index (χ3v) is 11.0. The van der Waals surface area contributed by atoms with E-state index in [1.54, 1.807) is 0 Å². The first-order valence-corrected chi connectivity index (χ1v) is 14.9. The van der Waals surface area contributed by atoms with Crippen LogP contribution in [0.15, 0.2) is 24.3 Å². The number of aromatic nitrogens is 1. The van der Waals surface area contributed by atoms with Crippen molar-refractivity contribution in [3.8, 4) is 0 Å². The minimum atomic E-state index is -0.0411. The number of hydrogen-bond donors (Lipinski definition) is 1. The highest BCUT2D eigenvalue weighted by Crippen LogP contribution is 2.49. The topological polar surface area (TPSA) is 45.2 Å². The molecule has 2 aromatic rings. The van der Waals surface area contributed by atoms with E-state index in [9.17, 15) is 4.79 Å². The first kappa shape index (κ1) is 23.7. The maximum Gasteiger partial charge on any atom is 0.228 e. The van der Waals surface area contributed by atoms with E-state index in [4.69, 9.17) is 4.98 Å². The molecule has 1 N–H and O–H groups in total. The predicted molar refractivity (Wildman–Crippen MR) is 143 cm³/mol. The van der Waals surface area contributed by atoms with Gasteiger partial charge in [0.05, 0.1) is 16.6 Å². The highest BCUT2D eigenvalue weighted by atomic mass is 32.1. The van der Waals surface area contributed by atoms with Gasteiger partial charge in [0.15, 0.2) is 0 Å². The van der Waals surface area contributed by atoms with Gasteiger partial charge in [-0.1, -0.05) is 43.5 Å². The van der Waals surface area contributed by atoms with Crippen LogP contribution >= 0.6 is 11.3 Å². The van der Waals surface area contributed by atoms with Crippen LogP contribution in [0, 0.1) is 25.7 Å². The Hall–Kier alpha value is -1.72. The molecule has 0 radical (unpaired) electrons. The molecular formula is C30H41N3OS. The monoisotopic (exact) mass is 491 g/mol. The summed E-state index contributed by atoms with van der Waals surface area (Å²) in [7, 11) is 0. The summed E-state index contributed by atoms with van der Waals surface area (Å²) in [4.78, 5) is 23.2. The number of likely N-dealkylation sites (tertiary alicyclic amines) is 1. The molecule has 2 aliphatic carbocycles. The van der Waals surface area contributed by atoms with E-state index in [2.05, 4.69) is 48.3 Å². The smallest absolute Gasteiger partial charge is 0.228 e. The number of thiazole rings is 1. The summed E-state index contributed by atoms with van der Waals surface area (Å²) in [6.07, 6.45) is 12.2.